The minimum atomic E-state index is -0.639. The molecule has 1 amide bonds. The van der Waals surface area contributed by atoms with Crippen LogP contribution in [0.15, 0.2) is 0 Å². The highest BCUT2D eigenvalue weighted by molar-refractivity contribution is 5.78. The van der Waals surface area contributed by atoms with Crippen molar-refractivity contribution in [2.24, 2.45) is 11.8 Å². The summed E-state index contributed by atoms with van der Waals surface area (Å²) in [7, 11) is 0. The molecule has 1 saturated carbocycles. The molecule has 1 aliphatic heterocycles. The Balaban J connectivity index is 1.80. The van der Waals surface area contributed by atoms with Crippen LogP contribution in [0.3, 0.4) is 0 Å². The lowest BCUT2D eigenvalue weighted by molar-refractivity contribution is -0.898. The molecule has 4 nitrogen and oxygen atoms in total. The highest BCUT2D eigenvalue weighted by Crippen LogP contribution is 2.39. The van der Waals surface area contributed by atoms with E-state index in [9.17, 15) is 10.1 Å². The van der Waals surface area contributed by atoms with Crippen molar-refractivity contribution in [3.63, 3.8) is 0 Å². The van der Waals surface area contributed by atoms with Crippen molar-refractivity contribution in [2.45, 2.75) is 45.1 Å². The van der Waals surface area contributed by atoms with E-state index >= 15 is 0 Å². The van der Waals surface area contributed by atoms with Gasteiger partial charge in [-0.15, -0.1) is 0 Å². The highest BCUT2D eigenvalue weighted by atomic mass is 16.2. The lowest BCUT2D eigenvalue weighted by Crippen LogP contribution is -3.14. The molecule has 0 bridgehead atoms. The third-order valence-corrected chi connectivity index (χ3v) is 4.42. The summed E-state index contributed by atoms with van der Waals surface area (Å²) in [4.78, 5) is 13.4. The summed E-state index contributed by atoms with van der Waals surface area (Å²) in [5.74, 6) is 1.20. The zero-order valence-electron chi connectivity index (χ0n) is 11.5. The molecule has 0 aromatic carbocycles. The van der Waals surface area contributed by atoms with Crippen LogP contribution in [-0.2, 0) is 4.79 Å². The molecule has 4 heteroatoms. The summed E-state index contributed by atoms with van der Waals surface area (Å²) < 4.78 is 0. The Bertz CT molecular complexity index is 351. The smallest absolute Gasteiger partial charge is 0.276 e. The van der Waals surface area contributed by atoms with Crippen molar-refractivity contribution in [1.29, 1.82) is 5.26 Å². The van der Waals surface area contributed by atoms with E-state index in [2.05, 4.69) is 18.3 Å². The Labute approximate surface area is 109 Å². The van der Waals surface area contributed by atoms with Crippen LogP contribution in [0.25, 0.3) is 0 Å². The van der Waals surface area contributed by atoms with Gasteiger partial charge in [-0.2, -0.15) is 5.26 Å². The fraction of sp³-hybridized carbons (Fsp3) is 0.857. The number of quaternary nitrogens is 1. The molecule has 100 valence electrons. The number of piperidine rings is 1. The Hall–Kier alpha value is -1.08. The largest absolute Gasteiger partial charge is 0.333 e. The second-order valence-corrected chi connectivity index (χ2v) is 6.25. The molecular formula is C14H24N3O+. The fourth-order valence-electron chi connectivity index (χ4n) is 2.79. The predicted molar refractivity (Wildman–Crippen MR) is 68.8 cm³/mol. The molecule has 0 aromatic rings. The quantitative estimate of drug-likeness (QED) is 0.744. The lowest BCUT2D eigenvalue weighted by atomic mass is 9.97. The molecule has 18 heavy (non-hydrogen) atoms. The van der Waals surface area contributed by atoms with E-state index in [1.54, 1.807) is 0 Å². The molecule has 1 saturated heterocycles. The monoisotopic (exact) mass is 250 g/mol. The SMILES string of the molecule is CC1CC[NH+](CC(=O)N[C@@](C)(C#N)C2CC2)CC1. The van der Waals surface area contributed by atoms with Crippen molar-refractivity contribution in [1.82, 2.24) is 5.32 Å². The first-order valence-electron chi connectivity index (χ1n) is 7.09. The highest BCUT2D eigenvalue weighted by Gasteiger charge is 2.43. The first-order chi connectivity index (χ1) is 8.53. The summed E-state index contributed by atoms with van der Waals surface area (Å²) in [6.45, 7) is 6.83. The zero-order chi connectivity index (χ0) is 13.2. The number of rotatable bonds is 4. The molecule has 2 aliphatic rings. The zero-order valence-corrected chi connectivity index (χ0v) is 11.5. The van der Waals surface area contributed by atoms with Gasteiger partial charge in [-0.3, -0.25) is 4.79 Å². The molecule has 0 aromatic heterocycles. The van der Waals surface area contributed by atoms with Gasteiger partial charge in [0.25, 0.3) is 5.91 Å². The van der Waals surface area contributed by atoms with Gasteiger partial charge >= 0.3 is 0 Å². The number of carbonyl (C=O) groups is 1. The van der Waals surface area contributed by atoms with Crippen LogP contribution in [0.4, 0.5) is 0 Å². The standard InChI is InChI=1S/C14H23N3O/c1-11-5-7-17(8-6-11)9-13(18)16-14(2,10-15)12-3-4-12/h11-12H,3-9H2,1-2H3,(H,16,18)/p+1/t14-/m0/s1. The number of nitrogens with one attached hydrogen (secondary N) is 2. The van der Waals surface area contributed by atoms with Crippen LogP contribution in [-0.4, -0.2) is 31.1 Å². The summed E-state index contributed by atoms with van der Waals surface area (Å²) in [5, 5.41) is 12.2. The maximum atomic E-state index is 12.0. The molecule has 1 heterocycles. The Morgan fingerprint density at radius 3 is 2.50 bits per heavy atom. The van der Waals surface area contributed by atoms with Gasteiger partial charge in [0.15, 0.2) is 6.54 Å². The van der Waals surface area contributed by atoms with Crippen LogP contribution < -0.4 is 10.2 Å². The minimum Gasteiger partial charge on any atom is -0.333 e. The average molecular weight is 250 g/mol. The molecule has 2 rings (SSSR count). The summed E-state index contributed by atoms with van der Waals surface area (Å²) in [6.07, 6.45) is 4.55. The van der Waals surface area contributed by atoms with E-state index in [4.69, 9.17) is 0 Å². The molecule has 0 radical (unpaired) electrons. The normalized spacial score (nSPS) is 31.2. The van der Waals surface area contributed by atoms with E-state index in [1.165, 1.54) is 17.7 Å². The van der Waals surface area contributed by atoms with Gasteiger partial charge in [-0.05, 0) is 44.4 Å². The molecule has 1 atom stereocenters. The van der Waals surface area contributed by atoms with Crippen LogP contribution in [0.5, 0.6) is 0 Å². The van der Waals surface area contributed by atoms with Gasteiger partial charge in [0, 0.05) is 0 Å². The van der Waals surface area contributed by atoms with E-state index in [1.807, 2.05) is 6.92 Å². The molecule has 0 unspecified atom stereocenters. The third-order valence-electron chi connectivity index (χ3n) is 4.42. The van der Waals surface area contributed by atoms with Gasteiger partial charge in [0.2, 0.25) is 0 Å². The number of nitriles is 1. The number of likely N-dealkylation sites (tertiary alicyclic amines) is 1. The van der Waals surface area contributed by atoms with Crippen LogP contribution in [0.2, 0.25) is 0 Å². The van der Waals surface area contributed by atoms with Crippen molar-refractivity contribution in [3.8, 4) is 6.07 Å². The number of carbonyl (C=O) groups excluding carboxylic acids is 1. The van der Waals surface area contributed by atoms with Crippen LogP contribution >= 0.6 is 0 Å². The first-order valence-corrected chi connectivity index (χ1v) is 7.09. The van der Waals surface area contributed by atoms with Gasteiger partial charge < -0.3 is 10.2 Å². The molecule has 0 spiro atoms. The molecule has 2 N–H and O–H groups in total. The van der Waals surface area contributed by atoms with Crippen molar-refractivity contribution in [3.05, 3.63) is 0 Å². The lowest BCUT2D eigenvalue weighted by Gasteiger charge is -2.28. The summed E-state index contributed by atoms with van der Waals surface area (Å²) in [6, 6.07) is 2.27. The maximum Gasteiger partial charge on any atom is 0.276 e. The van der Waals surface area contributed by atoms with Crippen molar-refractivity contribution < 1.29 is 9.69 Å². The van der Waals surface area contributed by atoms with E-state index in [0.29, 0.717) is 12.5 Å². The van der Waals surface area contributed by atoms with Crippen molar-refractivity contribution >= 4 is 5.91 Å². The minimum absolute atomic E-state index is 0.0375. The average Bonchev–Trinajstić information content (AvgIpc) is 3.16. The summed E-state index contributed by atoms with van der Waals surface area (Å²) in [5.41, 5.74) is -0.639. The van der Waals surface area contributed by atoms with Crippen LogP contribution in [0.1, 0.15) is 39.5 Å². The van der Waals surface area contributed by atoms with Gasteiger partial charge in [0.05, 0.1) is 19.2 Å². The van der Waals surface area contributed by atoms with Crippen LogP contribution in [0, 0.1) is 23.2 Å². The molecule has 2 fully saturated rings. The first kappa shape index (κ1) is 13.4. The van der Waals surface area contributed by atoms with E-state index in [0.717, 1.165) is 31.8 Å². The number of hydrogen-bond acceptors (Lipinski definition) is 2. The van der Waals surface area contributed by atoms with Gasteiger partial charge in [0.1, 0.15) is 5.54 Å². The Kier molecular flexibility index (Phi) is 3.91. The van der Waals surface area contributed by atoms with E-state index in [-0.39, 0.29) is 5.91 Å². The summed E-state index contributed by atoms with van der Waals surface area (Å²) >= 11 is 0. The second kappa shape index (κ2) is 5.27. The second-order valence-electron chi connectivity index (χ2n) is 6.25. The van der Waals surface area contributed by atoms with E-state index < -0.39 is 5.54 Å². The van der Waals surface area contributed by atoms with Gasteiger partial charge in [-0.1, -0.05) is 6.92 Å². The Morgan fingerprint density at radius 1 is 1.39 bits per heavy atom. The fourth-order valence-corrected chi connectivity index (χ4v) is 2.79. The number of amides is 1. The number of hydrogen-bond donors (Lipinski definition) is 2. The molecule has 1 aliphatic carbocycles. The predicted octanol–water partition coefficient (Wildman–Crippen LogP) is 0.110. The molecular weight excluding hydrogens is 226 g/mol. The van der Waals surface area contributed by atoms with Crippen molar-refractivity contribution in [2.75, 3.05) is 19.6 Å². The topological polar surface area (TPSA) is 57.3 Å². The van der Waals surface area contributed by atoms with Gasteiger partial charge in [-0.25, -0.2) is 0 Å². The Morgan fingerprint density at radius 2 is 2.00 bits per heavy atom. The third kappa shape index (κ3) is 3.23. The maximum absolute atomic E-state index is 12.0. The number of nitrogens with zero attached hydrogens (tertiary/aromatic N) is 1.